The summed E-state index contributed by atoms with van der Waals surface area (Å²) in [6.07, 6.45) is 0. The van der Waals surface area contributed by atoms with E-state index in [1.807, 2.05) is 0 Å². The molecule has 0 saturated heterocycles. The Kier molecular flexibility index (Phi) is 8.15. The molecule has 0 bridgehead atoms. The van der Waals surface area contributed by atoms with Gasteiger partial charge in [-0.15, -0.1) is 0 Å². The van der Waals surface area contributed by atoms with E-state index in [4.69, 9.17) is 8.83 Å². The van der Waals surface area contributed by atoms with Gasteiger partial charge in [0, 0.05) is 66.0 Å². The molecule has 0 spiro atoms. The normalized spacial score (nSPS) is 15.6. The molecule has 0 saturated carbocycles. The van der Waals surface area contributed by atoms with E-state index in [-0.39, 0.29) is 21.7 Å². The Bertz CT molecular complexity index is 4070. The van der Waals surface area contributed by atoms with Crippen molar-refractivity contribution in [2.45, 2.75) is 84.0 Å². The minimum Gasteiger partial charge on any atom is -0.455 e. The predicted octanol–water partition coefficient (Wildman–Crippen LogP) is 18.8. The fourth-order valence-corrected chi connectivity index (χ4v) is 13.4. The van der Waals surface area contributed by atoms with Crippen LogP contribution in [-0.2, 0) is 21.7 Å². The molecule has 2 aromatic heterocycles. The molecule has 3 aliphatic rings. The summed E-state index contributed by atoms with van der Waals surface area (Å²) >= 11 is 0. The Balaban J connectivity index is 1.01. The molecule has 9 aromatic carbocycles. The maximum absolute atomic E-state index is 7.01. The summed E-state index contributed by atoms with van der Waals surface area (Å²) in [5.74, 6) is 0. The van der Waals surface area contributed by atoms with Crippen molar-refractivity contribution < 1.29 is 8.83 Å². The van der Waals surface area contributed by atoms with Crippen molar-refractivity contribution in [1.82, 2.24) is 0 Å². The average Bonchev–Trinajstić information content (AvgIpc) is 4.11. The van der Waals surface area contributed by atoms with Gasteiger partial charge in [-0.25, -0.2) is 0 Å². The van der Waals surface area contributed by atoms with Gasteiger partial charge in [-0.3, -0.25) is 0 Å². The minimum atomic E-state index is -0.331. The summed E-state index contributed by atoms with van der Waals surface area (Å²) < 4.78 is 13.8. The van der Waals surface area contributed by atoms with E-state index in [9.17, 15) is 0 Å². The van der Waals surface area contributed by atoms with Crippen LogP contribution in [0.5, 0.6) is 0 Å². The molecule has 3 nitrogen and oxygen atoms in total. The van der Waals surface area contributed by atoms with Crippen molar-refractivity contribution in [1.29, 1.82) is 0 Å². The molecule has 0 N–H and O–H groups in total. The summed E-state index contributed by atoms with van der Waals surface area (Å²) in [4.78, 5) is 2.55. The van der Waals surface area contributed by atoms with Crippen LogP contribution in [0.25, 0.3) is 88.4 Å². The van der Waals surface area contributed by atoms with Gasteiger partial charge in [0.15, 0.2) is 0 Å². The lowest BCUT2D eigenvalue weighted by atomic mass is 9.72. The van der Waals surface area contributed by atoms with Crippen molar-refractivity contribution in [3.05, 3.63) is 209 Å². The summed E-state index contributed by atoms with van der Waals surface area (Å²) in [5, 5.41) is 4.74. The Morgan fingerprint density at radius 3 is 1.60 bits per heavy atom. The zero-order chi connectivity index (χ0) is 47.8. The molecule has 0 amide bonds. The van der Waals surface area contributed by atoms with Gasteiger partial charge < -0.3 is 13.7 Å². The van der Waals surface area contributed by atoms with Crippen LogP contribution >= 0.6 is 0 Å². The van der Waals surface area contributed by atoms with Gasteiger partial charge >= 0.3 is 0 Å². The summed E-state index contributed by atoms with van der Waals surface area (Å²) in [7, 11) is 0. The maximum Gasteiger partial charge on any atom is 0.144 e. The van der Waals surface area contributed by atoms with Crippen LogP contribution in [0, 0.1) is 0 Å². The van der Waals surface area contributed by atoms with E-state index in [0.717, 1.165) is 50.2 Å². The second-order valence-electron chi connectivity index (χ2n) is 22.8. The number of anilines is 3. The van der Waals surface area contributed by atoms with E-state index >= 15 is 0 Å². The molecule has 2 heterocycles. The highest BCUT2D eigenvalue weighted by molar-refractivity contribution is 6.21. The first-order chi connectivity index (χ1) is 33.7. The van der Waals surface area contributed by atoms with Crippen LogP contribution in [0.2, 0.25) is 0 Å². The number of nitrogens with zero attached hydrogens (tertiary/aromatic N) is 1. The molecular formula is C67H55NO2. The lowest BCUT2D eigenvalue weighted by Gasteiger charge is -2.34. The van der Waals surface area contributed by atoms with Gasteiger partial charge in [-0.2, -0.15) is 0 Å². The number of hydrogen-bond acceptors (Lipinski definition) is 3. The van der Waals surface area contributed by atoms with E-state index in [2.05, 4.69) is 237 Å². The Morgan fingerprint density at radius 2 is 0.914 bits per heavy atom. The molecular weight excluding hydrogens is 851 g/mol. The highest BCUT2D eigenvalue weighted by Crippen LogP contribution is 2.64. The van der Waals surface area contributed by atoms with Crippen LogP contribution in [0.4, 0.5) is 17.1 Å². The fourth-order valence-electron chi connectivity index (χ4n) is 13.4. The van der Waals surface area contributed by atoms with Crippen molar-refractivity contribution in [3.8, 4) is 44.5 Å². The standard InChI is InChI=1S/C67H55NO2/c1-64(2,3)48-27-17-18-28-52(48)68(39-31-33-42-49(35-39)65(4,5)51-37-46(38-21-11-10-12-22-38)62-57(55(42)51)44-24-14-19-29-53(44)69-62)40-32-34-43-50(36-40)67(8,9)60-56(43)58-45-25-15-20-30-54(45)70-63(58)59-41-23-13-16-26-47(41)66(6,7)61(59)60/h10-37H,1-9H3. The smallest absolute Gasteiger partial charge is 0.144 e. The second kappa shape index (κ2) is 13.8. The molecule has 340 valence electrons. The molecule has 0 fully saturated rings. The van der Waals surface area contributed by atoms with E-state index < -0.39 is 0 Å². The maximum atomic E-state index is 7.01. The molecule has 0 radical (unpaired) electrons. The minimum absolute atomic E-state index is 0.121. The third kappa shape index (κ3) is 5.30. The number of hydrogen-bond donors (Lipinski definition) is 0. The highest BCUT2D eigenvalue weighted by Gasteiger charge is 2.49. The van der Waals surface area contributed by atoms with Crippen LogP contribution < -0.4 is 4.90 Å². The first kappa shape index (κ1) is 41.4. The van der Waals surface area contributed by atoms with Gasteiger partial charge in [0.1, 0.15) is 22.3 Å². The number of rotatable bonds is 4. The summed E-state index contributed by atoms with van der Waals surface area (Å²) in [5.41, 5.74) is 25.7. The largest absolute Gasteiger partial charge is 0.455 e. The van der Waals surface area contributed by atoms with Gasteiger partial charge in [0.25, 0.3) is 0 Å². The van der Waals surface area contributed by atoms with Gasteiger partial charge in [-0.05, 0) is 126 Å². The monoisotopic (exact) mass is 905 g/mol. The SMILES string of the molecule is CC(C)(C)c1ccccc1N(c1ccc2c(c1)C(C)(C)c1cc(-c3ccccc3)c3oc4ccccc4c3c1-2)c1ccc2c(c1)C(C)(C)c1c3c(c4oc5ccccc5c4c1-2)-c1ccccc1C3(C)C. The number of benzene rings is 9. The quantitative estimate of drug-likeness (QED) is 0.176. The number of fused-ring (bicyclic) bond motifs is 19. The van der Waals surface area contributed by atoms with Crippen LogP contribution in [-0.4, -0.2) is 0 Å². The molecule has 3 aliphatic carbocycles. The molecule has 0 unspecified atom stereocenters. The molecule has 14 rings (SSSR count). The predicted molar refractivity (Wildman–Crippen MR) is 293 cm³/mol. The first-order valence-corrected chi connectivity index (χ1v) is 25.0. The van der Waals surface area contributed by atoms with Gasteiger partial charge in [0.2, 0.25) is 0 Å². The van der Waals surface area contributed by atoms with Crippen molar-refractivity contribution >= 4 is 60.9 Å². The van der Waals surface area contributed by atoms with Crippen molar-refractivity contribution in [2.24, 2.45) is 0 Å². The van der Waals surface area contributed by atoms with Crippen LogP contribution in [0.15, 0.2) is 179 Å². The van der Waals surface area contributed by atoms with Gasteiger partial charge in [0.05, 0.1) is 0 Å². The summed E-state index contributed by atoms with van der Waals surface area (Å²) in [6.45, 7) is 21.6. The van der Waals surface area contributed by atoms with Gasteiger partial charge in [-0.1, -0.05) is 184 Å². The van der Waals surface area contributed by atoms with E-state index in [1.165, 1.54) is 94.2 Å². The molecule has 0 atom stereocenters. The number of para-hydroxylation sites is 3. The Morgan fingerprint density at radius 1 is 0.400 bits per heavy atom. The second-order valence-corrected chi connectivity index (χ2v) is 22.8. The topological polar surface area (TPSA) is 29.5 Å². The number of furan rings is 2. The third-order valence-corrected chi connectivity index (χ3v) is 16.7. The zero-order valence-electron chi connectivity index (χ0n) is 41.4. The lowest BCUT2D eigenvalue weighted by molar-refractivity contribution is 0.591. The van der Waals surface area contributed by atoms with E-state index in [0.29, 0.717) is 0 Å². The van der Waals surface area contributed by atoms with Crippen molar-refractivity contribution in [2.75, 3.05) is 4.90 Å². The zero-order valence-corrected chi connectivity index (χ0v) is 41.4. The summed E-state index contributed by atoms with van der Waals surface area (Å²) in [6, 6.07) is 62.9. The third-order valence-electron chi connectivity index (χ3n) is 16.7. The molecule has 70 heavy (non-hydrogen) atoms. The van der Waals surface area contributed by atoms with Crippen LogP contribution in [0.3, 0.4) is 0 Å². The first-order valence-electron chi connectivity index (χ1n) is 25.0. The lowest BCUT2D eigenvalue weighted by Crippen LogP contribution is -2.24. The molecule has 11 aromatic rings. The Hall–Kier alpha value is -7.62. The fraction of sp³-hybridized carbons (Fsp3) is 0.194. The highest BCUT2D eigenvalue weighted by atomic mass is 16.3. The molecule has 0 aliphatic heterocycles. The molecule has 3 heteroatoms. The van der Waals surface area contributed by atoms with Crippen molar-refractivity contribution in [3.63, 3.8) is 0 Å². The van der Waals surface area contributed by atoms with Crippen LogP contribution in [0.1, 0.15) is 101 Å². The Labute approximate surface area is 410 Å². The average molecular weight is 906 g/mol. The van der Waals surface area contributed by atoms with E-state index in [1.54, 1.807) is 0 Å².